The number of carbonyl (C=O) groups excluding carboxylic acids is 1. The summed E-state index contributed by atoms with van der Waals surface area (Å²) in [5, 5.41) is 18.1. The van der Waals surface area contributed by atoms with E-state index in [9.17, 15) is 9.59 Å². The number of nitrogens with one attached hydrogen (secondary N) is 2. The van der Waals surface area contributed by atoms with Crippen molar-refractivity contribution in [3.05, 3.63) is 12.4 Å². The van der Waals surface area contributed by atoms with E-state index < -0.39 is 5.97 Å². The van der Waals surface area contributed by atoms with Gasteiger partial charge in [0.2, 0.25) is 0 Å². The van der Waals surface area contributed by atoms with Crippen molar-refractivity contribution in [2.75, 3.05) is 5.32 Å². The molecule has 7 nitrogen and oxygen atoms in total. The van der Waals surface area contributed by atoms with Gasteiger partial charge in [0.1, 0.15) is 6.54 Å². The summed E-state index contributed by atoms with van der Waals surface area (Å²) in [6, 6.07) is -0.301. The fraction of sp³-hybridized carbons (Fsp3) is 0.615. The van der Waals surface area contributed by atoms with Crippen LogP contribution < -0.4 is 10.6 Å². The molecule has 1 rings (SSSR count). The number of hydrogen-bond donors (Lipinski definition) is 3. The molecule has 0 aliphatic carbocycles. The van der Waals surface area contributed by atoms with Crippen LogP contribution in [-0.2, 0) is 11.3 Å². The van der Waals surface area contributed by atoms with Gasteiger partial charge in [-0.05, 0) is 19.3 Å². The highest BCUT2D eigenvalue weighted by molar-refractivity contribution is 5.89. The number of hydrogen-bond acceptors (Lipinski definition) is 3. The predicted octanol–water partition coefficient (Wildman–Crippen LogP) is 2.06. The molecule has 7 heteroatoms. The molecule has 20 heavy (non-hydrogen) atoms. The third kappa shape index (κ3) is 4.25. The number of aromatic nitrogens is 2. The first-order valence-corrected chi connectivity index (χ1v) is 6.78. The van der Waals surface area contributed by atoms with Crippen LogP contribution in [-0.4, -0.2) is 32.4 Å². The lowest BCUT2D eigenvalue weighted by Crippen LogP contribution is -2.48. The SMILES string of the molecule is CCC(CC)(CC)NC(=O)Nc1cnn(CC(=O)O)c1. The lowest BCUT2D eigenvalue weighted by atomic mass is 9.90. The number of carboxylic acids is 1. The Kier molecular flexibility index (Phi) is 5.54. The molecule has 0 unspecified atom stereocenters. The molecule has 0 atom stereocenters. The Morgan fingerprint density at radius 3 is 2.40 bits per heavy atom. The Morgan fingerprint density at radius 1 is 1.30 bits per heavy atom. The first-order valence-electron chi connectivity index (χ1n) is 6.78. The van der Waals surface area contributed by atoms with Gasteiger partial charge in [-0.2, -0.15) is 5.10 Å². The standard InChI is InChI=1S/C13H22N4O3/c1-4-13(5-2,6-3)16-12(20)15-10-7-14-17(8-10)9-11(18)19/h7-8H,4-6,9H2,1-3H3,(H,18,19)(H2,15,16,20). The zero-order chi connectivity index (χ0) is 15.2. The number of carbonyl (C=O) groups is 2. The van der Waals surface area contributed by atoms with Crippen molar-refractivity contribution >= 4 is 17.7 Å². The lowest BCUT2D eigenvalue weighted by molar-refractivity contribution is -0.137. The van der Waals surface area contributed by atoms with Crippen molar-refractivity contribution in [3.63, 3.8) is 0 Å². The molecular formula is C13H22N4O3. The number of urea groups is 1. The molecule has 0 saturated heterocycles. The van der Waals surface area contributed by atoms with E-state index in [0.29, 0.717) is 5.69 Å². The van der Waals surface area contributed by atoms with Gasteiger partial charge in [0.25, 0.3) is 0 Å². The molecule has 0 aliphatic heterocycles. The number of amides is 2. The highest BCUT2D eigenvalue weighted by atomic mass is 16.4. The maximum atomic E-state index is 12.0. The lowest BCUT2D eigenvalue weighted by Gasteiger charge is -2.31. The van der Waals surface area contributed by atoms with E-state index >= 15 is 0 Å². The zero-order valence-electron chi connectivity index (χ0n) is 12.1. The topological polar surface area (TPSA) is 96.3 Å². The molecule has 0 spiro atoms. The fourth-order valence-electron chi connectivity index (χ4n) is 2.07. The number of carboxylic acid groups (broad SMARTS) is 1. The number of rotatable bonds is 7. The van der Waals surface area contributed by atoms with Gasteiger partial charge in [-0.3, -0.25) is 9.48 Å². The van der Waals surface area contributed by atoms with E-state index in [4.69, 9.17) is 5.11 Å². The zero-order valence-corrected chi connectivity index (χ0v) is 12.1. The van der Waals surface area contributed by atoms with Crippen LogP contribution >= 0.6 is 0 Å². The van der Waals surface area contributed by atoms with E-state index in [2.05, 4.69) is 15.7 Å². The summed E-state index contributed by atoms with van der Waals surface area (Å²) in [7, 11) is 0. The Labute approximate surface area is 118 Å². The summed E-state index contributed by atoms with van der Waals surface area (Å²) in [6.07, 6.45) is 5.47. The first-order chi connectivity index (χ1) is 9.44. The van der Waals surface area contributed by atoms with Crippen molar-refractivity contribution in [1.29, 1.82) is 0 Å². The second-order valence-electron chi connectivity index (χ2n) is 4.74. The second kappa shape index (κ2) is 6.93. The van der Waals surface area contributed by atoms with Gasteiger partial charge in [-0.15, -0.1) is 0 Å². The van der Waals surface area contributed by atoms with Gasteiger partial charge in [0.15, 0.2) is 0 Å². The van der Waals surface area contributed by atoms with Crippen LogP contribution in [0.3, 0.4) is 0 Å². The van der Waals surface area contributed by atoms with Crippen LogP contribution in [0.25, 0.3) is 0 Å². The normalized spacial score (nSPS) is 11.2. The van der Waals surface area contributed by atoms with Crippen LogP contribution in [0.5, 0.6) is 0 Å². The number of nitrogens with zero attached hydrogens (tertiary/aromatic N) is 2. The molecule has 1 heterocycles. The smallest absolute Gasteiger partial charge is 0.325 e. The van der Waals surface area contributed by atoms with Gasteiger partial charge >= 0.3 is 12.0 Å². The fourth-order valence-corrected chi connectivity index (χ4v) is 2.07. The van der Waals surface area contributed by atoms with Gasteiger partial charge in [0.05, 0.1) is 11.9 Å². The third-order valence-corrected chi connectivity index (χ3v) is 3.60. The Hall–Kier alpha value is -2.05. The molecule has 1 aromatic heterocycles. The summed E-state index contributed by atoms with van der Waals surface area (Å²) in [6.45, 7) is 5.89. The van der Waals surface area contributed by atoms with Gasteiger partial charge in [0, 0.05) is 11.7 Å². The average molecular weight is 282 g/mol. The number of anilines is 1. The highest BCUT2D eigenvalue weighted by Gasteiger charge is 2.25. The minimum atomic E-state index is -0.980. The maximum Gasteiger partial charge on any atom is 0.325 e. The Balaban J connectivity index is 2.62. The minimum Gasteiger partial charge on any atom is -0.480 e. The van der Waals surface area contributed by atoms with Crippen LogP contribution in [0, 0.1) is 0 Å². The second-order valence-corrected chi connectivity index (χ2v) is 4.74. The summed E-state index contributed by atoms with van der Waals surface area (Å²) < 4.78 is 1.25. The van der Waals surface area contributed by atoms with Crippen molar-refractivity contribution in [3.8, 4) is 0 Å². The largest absolute Gasteiger partial charge is 0.480 e. The number of aliphatic carboxylic acids is 1. The van der Waals surface area contributed by atoms with Crippen molar-refractivity contribution in [2.24, 2.45) is 0 Å². The summed E-state index contributed by atoms with van der Waals surface area (Å²) >= 11 is 0. The van der Waals surface area contributed by atoms with E-state index in [-0.39, 0.29) is 18.1 Å². The third-order valence-electron chi connectivity index (χ3n) is 3.60. The summed E-state index contributed by atoms with van der Waals surface area (Å²) in [4.78, 5) is 22.5. The van der Waals surface area contributed by atoms with E-state index in [1.165, 1.54) is 17.1 Å². The quantitative estimate of drug-likeness (QED) is 0.713. The van der Waals surface area contributed by atoms with Crippen LogP contribution in [0.2, 0.25) is 0 Å². The van der Waals surface area contributed by atoms with E-state index in [0.717, 1.165) is 19.3 Å². The average Bonchev–Trinajstić information content (AvgIpc) is 2.82. The molecule has 0 aromatic carbocycles. The molecule has 0 bridgehead atoms. The first kappa shape index (κ1) is 16.0. The van der Waals surface area contributed by atoms with Gasteiger partial charge in [-0.25, -0.2) is 4.79 Å². The Morgan fingerprint density at radius 2 is 1.90 bits per heavy atom. The van der Waals surface area contributed by atoms with Gasteiger partial charge in [-0.1, -0.05) is 20.8 Å². The molecule has 0 radical (unpaired) electrons. The maximum absolute atomic E-state index is 12.0. The molecule has 0 fully saturated rings. The summed E-state index contributed by atoms with van der Waals surface area (Å²) in [5.74, 6) is -0.980. The monoisotopic (exact) mass is 282 g/mol. The predicted molar refractivity (Wildman–Crippen MR) is 75.6 cm³/mol. The Bertz CT molecular complexity index is 458. The highest BCUT2D eigenvalue weighted by Crippen LogP contribution is 2.19. The molecule has 2 amide bonds. The van der Waals surface area contributed by atoms with Crippen molar-refractivity contribution < 1.29 is 14.7 Å². The van der Waals surface area contributed by atoms with Crippen LogP contribution in [0.4, 0.5) is 10.5 Å². The van der Waals surface area contributed by atoms with Crippen LogP contribution in [0.15, 0.2) is 12.4 Å². The summed E-state index contributed by atoms with van der Waals surface area (Å²) in [5.41, 5.74) is 0.266. The van der Waals surface area contributed by atoms with Crippen LogP contribution in [0.1, 0.15) is 40.0 Å². The van der Waals surface area contributed by atoms with E-state index in [1.54, 1.807) is 0 Å². The molecule has 112 valence electrons. The molecule has 0 saturated carbocycles. The molecular weight excluding hydrogens is 260 g/mol. The van der Waals surface area contributed by atoms with Crippen molar-refractivity contribution in [2.45, 2.75) is 52.1 Å². The minimum absolute atomic E-state index is 0.207. The molecule has 0 aliphatic rings. The molecule has 3 N–H and O–H groups in total. The van der Waals surface area contributed by atoms with Gasteiger partial charge < -0.3 is 15.7 Å². The molecule has 1 aromatic rings. The van der Waals surface area contributed by atoms with Crippen molar-refractivity contribution in [1.82, 2.24) is 15.1 Å². The van der Waals surface area contributed by atoms with E-state index in [1.807, 2.05) is 20.8 Å².